The quantitative estimate of drug-likeness (QED) is 0.785. The fourth-order valence-corrected chi connectivity index (χ4v) is 3.05. The van der Waals surface area contributed by atoms with Crippen molar-refractivity contribution in [1.82, 2.24) is 4.90 Å². The van der Waals surface area contributed by atoms with Crippen molar-refractivity contribution in [1.29, 1.82) is 0 Å². The van der Waals surface area contributed by atoms with E-state index in [1.54, 1.807) is 9.80 Å². The Morgan fingerprint density at radius 3 is 2.59 bits per heavy atom. The fourth-order valence-electron chi connectivity index (χ4n) is 3.05. The highest BCUT2D eigenvalue weighted by Gasteiger charge is 2.35. The lowest BCUT2D eigenvalue weighted by molar-refractivity contribution is -0.144. The van der Waals surface area contributed by atoms with Crippen molar-refractivity contribution >= 4 is 17.5 Å². The van der Waals surface area contributed by atoms with Crippen LogP contribution in [0.15, 0.2) is 24.3 Å². The average Bonchev–Trinajstić information content (AvgIpc) is 2.85. The third-order valence-electron chi connectivity index (χ3n) is 4.17. The molecular formula is C18H26N2O2. The molecule has 0 saturated carbocycles. The van der Waals surface area contributed by atoms with Crippen LogP contribution in [0.5, 0.6) is 0 Å². The van der Waals surface area contributed by atoms with Crippen molar-refractivity contribution < 1.29 is 9.59 Å². The summed E-state index contributed by atoms with van der Waals surface area (Å²) in [6, 6.07) is 7.91. The zero-order valence-electron chi connectivity index (χ0n) is 13.8. The number of amides is 2. The highest BCUT2D eigenvalue weighted by atomic mass is 16.2. The Bertz CT molecular complexity index is 542. The van der Waals surface area contributed by atoms with Crippen molar-refractivity contribution in [2.24, 2.45) is 0 Å². The maximum absolute atomic E-state index is 12.7. The van der Waals surface area contributed by atoms with Gasteiger partial charge in [0.05, 0.1) is 0 Å². The molecule has 22 heavy (non-hydrogen) atoms. The van der Waals surface area contributed by atoms with E-state index in [1.807, 2.05) is 38.1 Å². The van der Waals surface area contributed by atoms with Crippen molar-refractivity contribution in [2.45, 2.75) is 52.5 Å². The highest BCUT2D eigenvalue weighted by Crippen LogP contribution is 2.32. The van der Waals surface area contributed by atoms with Gasteiger partial charge in [0.1, 0.15) is 0 Å². The van der Waals surface area contributed by atoms with Crippen LogP contribution in [0.4, 0.5) is 5.69 Å². The van der Waals surface area contributed by atoms with Crippen LogP contribution < -0.4 is 4.90 Å². The smallest absolute Gasteiger partial charge is 0.316 e. The lowest BCUT2D eigenvalue weighted by Crippen LogP contribution is -2.48. The molecule has 0 aromatic heterocycles. The van der Waals surface area contributed by atoms with Gasteiger partial charge in [-0.2, -0.15) is 0 Å². The number of anilines is 1. The van der Waals surface area contributed by atoms with Crippen LogP contribution in [0.25, 0.3) is 0 Å². The van der Waals surface area contributed by atoms with Gasteiger partial charge in [0.2, 0.25) is 0 Å². The monoisotopic (exact) mass is 302 g/mol. The topological polar surface area (TPSA) is 40.6 Å². The van der Waals surface area contributed by atoms with Crippen LogP contribution in [0.2, 0.25) is 0 Å². The second-order valence-corrected chi connectivity index (χ2v) is 6.00. The number of hydrogen-bond donors (Lipinski definition) is 0. The number of nitrogens with zero attached hydrogens (tertiary/aromatic N) is 2. The number of unbranched alkanes of at least 4 members (excludes halogenated alkanes) is 1. The first kappa shape index (κ1) is 16.5. The highest BCUT2D eigenvalue weighted by molar-refractivity contribution is 6.40. The summed E-state index contributed by atoms with van der Waals surface area (Å²) in [4.78, 5) is 28.7. The number of carbonyl (C=O) groups excluding carboxylic acids is 2. The first-order chi connectivity index (χ1) is 10.6. The predicted octanol–water partition coefficient (Wildman–Crippen LogP) is 3.00. The predicted molar refractivity (Wildman–Crippen MR) is 88.9 cm³/mol. The minimum Gasteiger partial charge on any atom is -0.334 e. The third-order valence-corrected chi connectivity index (χ3v) is 4.17. The summed E-state index contributed by atoms with van der Waals surface area (Å²) < 4.78 is 0. The second-order valence-electron chi connectivity index (χ2n) is 6.00. The molecule has 1 atom stereocenters. The first-order valence-electron chi connectivity index (χ1n) is 8.30. The molecular weight excluding hydrogens is 276 g/mol. The maximum atomic E-state index is 12.7. The summed E-state index contributed by atoms with van der Waals surface area (Å²) in [6.07, 6.45) is 3.64. The maximum Gasteiger partial charge on any atom is 0.316 e. The molecule has 4 nitrogen and oxygen atoms in total. The van der Waals surface area contributed by atoms with Crippen LogP contribution in [-0.4, -0.2) is 35.8 Å². The standard InChI is InChI=1S/C18H26N2O2/c1-4-6-12-19(11-5-2)17(21)18(22)20-14(3)13-15-9-7-8-10-16(15)20/h7-10,14H,4-6,11-13H2,1-3H3. The van der Waals surface area contributed by atoms with Gasteiger partial charge >= 0.3 is 11.8 Å². The molecule has 1 aliphatic rings. The van der Waals surface area contributed by atoms with E-state index < -0.39 is 0 Å². The molecule has 0 bridgehead atoms. The van der Waals surface area contributed by atoms with Gasteiger partial charge in [0.25, 0.3) is 0 Å². The van der Waals surface area contributed by atoms with E-state index in [-0.39, 0.29) is 17.9 Å². The normalized spacial score (nSPS) is 16.5. The van der Waals surface area contributed by atoms with E-state index in [1.165, 1.54) is 0 Å². The molecule has 0 saturated heterocycles. The number of rotatable bonds is 5. The third kappa shape index (κ3) is 3.32. The molecule has 2 amide bonds. The molecule has 1 unspecified atom stereocenters. The van der Waals surface area contributed by atoms with Gasteiger partial charge in [-0.3, -0.25) is 9.59 Å². The molecule has 0 radical (unpaired) electrons. The zero-order valence-corrected chi connectivity index (χ0v) is 13.8. The molecule has 0 spiro atoms. The lowest BCUT2D eigenvalue weighted by atomic mass is 10.1. The molecule has 1 aromatic rings. The van der Waals surface area contributed by atoms with Gasteiger partial charge in [-0.05, 0) is 37.8 Å². The van der Waals surface area contributed by atoms with Gasteiger partial charge in [0, 0.05) is 24.8 Å². The van der Waals surface area contributed by atoms with Crippen molar-refractivity contribution in [3.63, 3.8) is 0 Å². The second kappa shape index (κ2) is 7.43. The minimum atomic E-state index is -0.387. The number of para-hydroxylation sites is 1. The van der Waals surface area contributed by atoms with Gasteiger partial charge in [0.15, 0.2) is 0 Å². The van der Waals surface area contributed by atoms with Crippen LogP contribution in [0.1, 0.15) is 45.6 Å². The first-order valence-corrected chi connectivity index (χ1v) is 8.30. The van der Waals surface area contributed by atoms with Gasteiger partial charge in [-0.25, -0.2) is 0 Å². The van der Waals surface area contributed by atoms with Gasteiger partial charge in [-0.1, -0.05) is 38.5 Å². The van der Waals surface area contributed by atoms with Crippen molar-refractivity contribution in [3.05, 3.63) is 29.8 Å². The molecule has 1 heterocycles. The van der Waals surface area contributed by atoms with Gasteiger partial charge in [-0.15, -0.1) is 0 Å². The summed E-state index contributed by atoms with van der Waals surface area (Å²) in [6.45, 7) is 7.44. The van der Waals surface area contributed by atoms with Gasteiger partial charge < -0.3 is 9.80 Å². The molecule has 0 N–H and O–H groups in total. The number of hydrogen-bond acceptors (Lipinski definition) is 2. The molecule has 4 heteroatoms. The summed E-state index contributed by atoms with van der Waals surface area (Å²) in [7, 11) is 0. The van der Waals surface area contributed by atoms with E-state index in [4.69, 9.17) is 0 Å². The Labute approximate surface area is 133 Å². The Hall–Kier alpha value is -1.84. The van der Waals surface area contributed by atoms with E-state index in [0.29, 0.717) is 13.1 Å². The Morgan fingerprint density at radius 1 is 1.18 bits per heavy atom. The number of benzene rings is 1. The van der Waals surface area contributed by atoms with Crippen LogP contribution in [0, 0.1) is 0 Å². The summed E-state index contributed by atoms with van der Waals surface area (Å²) in [5, 5.41) is 0. The Morgan fingerprint density at radius 2 is 1.91 bits per heavy atom. The minimum absolute atomic E-state index is 0.0449. The lowest BCUT2D eigenvalue weighted by Gasteiger charge is -2.27. The number of carbonyl (C=O) groups is 2. The Kier molecular flexibility index (Phi) is 5.58. The van der Waals surface area contributed by atoms with Crippen molar-refractivity contribution in [3.8, 4) is 0 Å². The van der Waals surface area contributed by atoms with Crippen LogP contribution in [-0.2, 0) is 16.0 Å². The summed E-state index contributed by atoms with van der Waals surface area (Å²) >= 11 is 0. The molecule has 0 fully saturated rings. The van der Waals surface area contributed by atoms with E-state index >= 15 is 0 Å². The van der Waals surface area contributed by atoms with E-state index in [0.717, 1.165) is 36.9 Å². The average molecular weight is 302 g/mol. The van der Waals surface area contributed by atoms with E-state index in [2.05, 4.69) is 6.92 Å². The fraction of sp³-hybridized carbons (Fsp3) is 0.556. The molecule has 2 rings (SSSR count). The summed E-state index contributed by atoms with van der Waals surface area (Å²) in [5.41, 5.74) is 2.03. The zero-order chi connectivity index (χ0) is 16.1. The molecule has 1 aliphatic heterocycles. The largest absolute Gasteiger partial charge is 0.334 e. The van der Waals surface area contributed by atoms with Crippen LogP contribution >= 0.6 is 0 Å². The van der Waals surface area contributed by atoms with E-state index in [9.17, 15) is 9.59 Å². The van der Waals surface area contributed by atoms with Crippen LogP contribution in [0.3, 0.4) is 0 Å². The molecule has 120 valence electrons. The number of fused-ring (bicyclic) bond motifs is 1. The van der Waals surface area contributed by atoms with Crippen molar-refractivity contribution in [2.75, 3.05) is 18.0 Å². The molecule has 1 aromatic carbocycles. The Balaban J connectivity index is 2.17. The SMILES string of the molecule is CCCCN(CCC)C(=O)C(=O)N1c2ccccc2CC1C. The molecule has 0 aliphatic carbocycles. The summed E-state index contributed by atoms with van der Waals surface area (Å²) in [5.74, 6) is -0.749.